The van der Waals surface area contributed by atoms with Gasteiger partial charge in [0.2, 0.25) is 5.91 Å². The molecular weight excluding hydrogens is 539 g/mol. The smallest absolute Gasteiger partial charge is 0.248 e. The fraction of sp³-hybridized carbons (Fsp3) is 0.240. The molecule has 1 aliphatic rings. The van der Waals surface area contributed by atoms with Gasteiger partial charge in [0.15, 0.2) is 0 Å². The Kier molecular flexibility index (Phi) is 6.98. The van der Waals surface area contributed by atoms with Crippen molar-refractivity contribution in [3.8, 4) is 5.75 Å². The summed E-state index contributed by atoms with van der Waals surface area (Å²) in [6.07, 6.45) is 0.339. The molecule has 1 heterocycles. The molecule has 3 aromatic carbocycles. The number of carbonyl (C=O) groups excluding carboxylic acids is 1. The molecule has 0 aliphatic carbocycles. The number of benzene rings is 3. The second kappa shape index (κ2) is 9.73. The van der Waals surface area contributed by atoms with Gasteiger partial charge >= 0.3 is 0 Å². The van der Waals surface area contributed by atoms with Crippen molar-refractivity contribution < 1.29 is 13.9 Å². The van der Waals surface area contributed by atoms with Gasteiger partial charge in [0.1, 0.15) is 17.1 Å². The Morgan fingerprint density at radius 3 is 2.47 bits per heavy atom. The fourth-order valence-corrected chi connectivity index (χ4v) is 5.58. The van der Waals surface area contributed by atoms with Gasteiger partial charge < -0.3 is 9.64 Å². The van der Waals surface area contributed by atoms with Crippen LogP contribution in [0.1, 0.15) is 16.7 Å². The van der Waals surface area contributed by atoms with Crippen LogP contribution in [0, 0.1) is 5.82 Å². The van der Waals surface area contributed by atoms with E-state index in [0.29, 0.717) is 40.8 Å². The SMILES string of the molecule is COc1cccc(C2(Cc3c(Br)cc(F)cc3Br)NCCN(Cc3ccccc3)C2=O)c1. The lowest BCUT2D eigenvalue weighted by molar-refractivity contribution is -0.142. The van der Waals surface area contributed by atoms with E-state index in [0.717, 1.165) is 16.7 Å². The van der Waals surface area contributed by atoms with Crippen molar-refractivity contribution in [1.29, 1.82) is 0 Å². The zero-order valence-corrected chi connectivity index (χ0v) is 20.7. The van der Waals surface area contributed by atoms with Crippen LogP contribution in [0.15, 0.2) is 75.7 Å². The lowest BCUT2D eigenvalue weighted by Crippen LogP contribution is -2.63. The zero-order chi connectivity index (χ0) is 22.7. The Bertz CT molecular complexity index is 1100. The van der Waals surface area contributed by atoms with Gasteiger partial charge in [-0.25, -0.2) is 4.39 Å². The normalized spacial score (nSPS) is 18.6. The van der Waals surface area contributed by atoms with Crippen LogP contribution < -0.4 is 10.1 Å². The number of carbonyl (C=O) groups is 1. The topological polar surface area (TPSA) is 41.6 Å². The predicted octanol–water partition coefficient (Wildman–Crippen LogP) is 5.43. The molecule has 1 N–H and O–H groups in total. The van der Waals surface area contributed by atoms with Crippen molar-refractivity contribution in [3.05, 3.63) is 98.2 Å². The van der Waals surface area contributed by atoms with E-state index < -0.39 is 5.54 Å². The fourth-order valence-electron chi connectivity index (χ4n) is 4.17. The van der Waals surface area contributed by atoms with Gasteiger partial charge in [0.05, 0.1) is 7.11 Å². The monoisotopic (exact) mass is 560 g/mol. The van der Waals surface area contributed by atoms with Crippen molar-refractivity contribution in [2.24, 2.45) is 0 Å². The first-order valence-electron chi connectivity index (χ1n) is 10.3. The Morgan fingerprint density at radius 2 is 1.78 bits per heavy atom. The maximum absolute atomic E-state index is 14.1. The number of piperazine rings is 1. The summed E-state index contributed by atoms with van der Waals surface area (Å²) >= 11 is 6.98. The number of halogens is 3. The number of nitrogens with one attached hydrogen (secondary N) is 1. The van der Waals surface area contributed by atoms with E-state index in [-0.39, 0.29) is 11.7 Å². The molecule has 0 aromatic heterocycles. The van der Waals surface area contributed by atoms with Gasteiger partial charge in [0.25, 0.3) is 0 Å². The number of ether oxygens (including phenoxy) is 1. The first-order valence-corrected chi connectivity index (χ1v) is 11.9. The van der Waals surface area contributed by atoms with Gasteiger partial charge in [-0.05, 0) is 41.0 Å². The molecule has 32 heavy (non-hydrogen) atoms. The minimum atomic E-state index is -1.02. The quantitative estimate of drug-likeness (QED) is 0.436. The molecule has 1 atom stereocenters. The number of hydrogen-bond donors (Lipinski definition) is 1. The Labute approximate surface area is 204 Å². The third-order valence-corrected chi connectivity index (χ3v) is 7.20. The Morgan fingerprint density at radius 1 is 1.06 bits per heavy atom. The Hall–Kier alpha value is -2.22. The molecule has 1 saturated heterocycles. The van der Waals surface area contributed by atoms with Crippen molar-refractivity contribution in [1.82, 2.24) is 10.2 Å². The summed E-state index contributed by atoms with van der Waals surface area (Å²) in [7, 11) is 1.61. The van der Waals surface area contributed by atoms with E-state index in [1.807, 2.05) is 59.5 Å². The molecule has 4 rings (SSSR count). The summed E-state index contributed by atoms with van der Waals surface area (Å²) in [6, 6.07) is 20.4. The highest BCUT2D eigenvalue weighted by molar-refractivity contribution is 9.11. The molecule has 1 aliphatic heterocycles. The van der Waals surface area contributed by atoms with Crippen molar-refractivity contribution in [2.45, 2.75) is 18.5 Å². The molecule has 3 aromatic rings. The van der Waals surface area contributed by atoms with Gasteiger partial charge in [-0.15, -0.1) is 0 Å². The van der Waals surface area contributed by atoms with Crippen LogP contribution in [0.5, 0.6) is 5.75 Å². The molecule has 0 spiro atoms. The lowest BCUT2D eigenvalue weighted by atomic mass is 9.80. The van der Waals surface area contributed by atoms with E-state index in [4.69, 9.17) is 4.74 Å². The molecule has 7 heteroatoms. The van der Waals surface area contributed by atoms with Crippen LogP contribution in [-0.4, -0.2) is 31.0 Å². The van der Waals surface area contributed by atoms with Crippen molar-refractivity contribution in [3.63, 3.8) is 0 Å². The maximum Gasteiger partial charge on any atom is 0.248 e. The first kappa shape index (κ1) is 23.0. The summed E-state index contributed by atoms with van der Waals surface area (Å²) in [6.45, 7) is 1.76. The van der Waals surface area contributed by atoms with E-state index >= 15 is 0 Å². The van der Waals surface area contributed by atoms with E-state index in [1.165, 1.54) is 12.1 Å². The molecular formula is C25H23Br2FN2O2. The predicted molar refractivity (Wildman–Crippen MR) is 130 cm³/mol. The largest absolute Gasteiger partial charge is 0.497 e. The average Bonchev–Trinajstić information content (AvgIpc) is 2.79. The second-order valence-electron chi connectivity index (χ2n) is 7.80. The standard InChI is InChI=1S/C25H23Br2FN2O2/c1-32-20-9-5-8-18(12-20)25(15-21-22(26)13-19(28)14-23(21)27)24(31)30(11-10-29-25)16-17-6-3-2-4-7-17/h2-9,12-14,29H,10-11,15-16H2,1H3. The third-order valence-electron chi connectivity index (χ3n) is 5.79. The van der Waals surface area contributed by atoms with E-state index in [1.54, 1.807) is 7.11 Å². The minimum Gasteiger partial charge on any atom is -0.497 e. The summed E-state index contributed by atoms with van der Waals surface area (Å²) in [4.78, 5) is 15.9. The van der Waals surface area contributed by atoms with Gasteiger partial charge in [0, 0.05) is 35.0 Å². The van der Waals surface area contributed by atoms with Gasteiger partial charge in [-0.2, -0.15) is 0 Å². The first-order chi connectivity index (χ1) is 15.4. The summed E-state index contributed by atoms with van der Waals surface area (Å²) in [5.41, 5.74) is 1.68. The number of amides is 1. The maximum atomic E-state index is 14.1. The molecule has 1 unspecified atom stereocenters. The van der Waals surface area contributed by atoms with Crippen LogP contribution in [0.2, 0.25) is 0 Å². The van der Waals surface area contributed by atoms with Crippen molar-refractivity contribution >= 4 is 37.8 Å². The molecule has 0 saturated carbocycles. The number of hydrogen-bond acceptors (Lipinski definition) is 3. The third kappa shape index (κ3) is 4.60. The summed E-state index contributed by atoms with van der Waals surface area (Å²) in [5.74, 6) is 0.300. The van der Waals surface area contributed by atoms with E-state index in [2.05, 4.69) is 37.2 Å². The van der Waals surface area contributed by atoms with Crippen LogP contribution in [0.3, 0.4) is 0 Å². The summed E-state index contributed by atoms with van der Waals surface area (Å²) in [5, 5.41) is 3.50. The average molecular weight is 562 g/mol. The molecule has 4 nitrogen and oxygen atoms in total. The summed E-state index contributed by atoms with van der Waals surface area (Å²) < 4.78 is 20.6. The number of methoxy groups -OCH3 is 1. The molecule has 1 amide bonds. The highest BCUT2D eigenvalue weighted by atomic mass is 79.9. The molecule has 166 valence electrons. The van der Waals surface area contributed by atoms with E-state index in [9.17, 15) is 9.18 Å². The highest BCUT2D eigenvalue weighted by Gasteiger charge is 2.46. The molecule has 0 radical (unpaired) electrons. The van der Waals surface area contributed by atoms with Crippen LogP contribution >= 0.6 is 31.9 Å². The molecule has 0 bridgehead atoms. The van der Waals surface area contributed by atoms with Crippen LogP contribution in [0.4, 0.5) is 4.39 Å². The zero-order valence-electron chi connectivity index (χ0n) is 17.6. The second-order valence-corrected chi connectivity index (χ2v) is 9.51. The van der Waals surface area contributed by atoms with Crippen LogP contribution in [0.25, 0.3) is 0 Å². The molecule has 1 fully saturated rings. The number of nitrogens with zero attached hydrogens (tertiary/aromatic N) is 1. The highest BCUT2D eigenvalue weighted by Crippen LogP contribution is 2.37. The van der Waals surface area contributed by atoms with Crippen LogP contribution in [-0.2, 0) is 23.3 Å². The lowest BCUT2D eigenvalue weighted by Gasteiger charge is -2.43. The van der Waals surface area contributed by atoms with Crippen molar-refractivity contribution in [2.75, 3.05) is 20.2 Å². The Balaban J connectivity index is 1.79. The van der Waals surface area contributed by atoms with Gasteiger partial charge in [-0.3, -0.25) is 10.1 Å². The van der Waals surface area contributed by atoms with Gasteiger partial charge in [-0.1, -0.05) is 74.3 Å². The minimum absolute atomic E-state index is 0.0241. The number of rotatable bonds is 6.